The van der Waals surface area contributed by atoms with E-state index < -0.39 is 18.0 Å². The van der Waals surface area contributed by atoms with E-state index in [4.69, 9.17) is 5.11 Å². The van der Waals surface area contributed by atoms with Gasteiger partial charge in [-0.25, -0.2) is 14.6 Å². The molecule has 9 heteroatoms. The van der Waals surface area contributed by atoms with Crippen LogP contribution in [0.4, 0.5) is 4.79 Å². The number of hydrogen-bond donors (Lipinski definition) is 3. The zero-order valence-corrected chi connectivity index (χ0v) is 11.5. The SMILES string of the molecule is CC(Cn1ccnc1)NC(=O)N1CC(=O)NCC1C(=O)O. The van der Waals surface area contributed by atoms with Crippen molar-refractivity contribution in [1.82, 2.24) is 25.1 Å². The van der Waals surface area contributed by atoms with Gasteiger partial charge in [0.25, 0.3) is 0 Å². The first kappa shape index (κ1) is 14.8. The number of aliphatic carboxylic acids is 1. The van der Waals surface area contributed by atoms with Crippen molar-refractivity contribution in [3.63, 3.8) is 0 Å². The Balaban J connectivity index is 1.96. The molecule has 21 heavy (non-hydrogen) atoms. The number of piperazine rings is 1. The van der Waals surface area contributed by atoms with Crippen LogP contribution >= 0.6 is 0 Å². The molecule has 114 valence electrons. The lowest BCUT2D eigenvalue weighted by atomic mass is 10.2. The molecule has 0 aromatic carbocycles. The maximum Gasteiger partial charge on any atom is 0.328 e. The Morgan fingerprint density at radius 1 is 1.62 bits per heavy atom. The van der Waals surface area contributed by atoms with Gasteiger partial charge in [0, 0.05) is 31.5 Å². The van der Waals surface area contributed by atoms with E-state index in [1.807, 2.05) is 0 Å². The molecule has 1 aromatic rings. The molecule has 2 rings (SSSR count). The van der Waals surface area contributed by atoms with Crippen molar-refractivity contribution in [3.8, 4) is 0 Å². The minimum Gasteiger partial charge on any atom is -0.480 e. The highest BCUT2D eigenvalue weighted by Crippen LogP contribution is 2.05. The average molecular weight is 295 g/mol. The Labute approximate surface area is 120 Å². The van der Waals surface area contributed by atoms with Crippen molar-refractivity contribution in [2.24, 2.45) is 0 Å². The summed E-state index contributed by atoms with van der Waals surface area (Å²) in [6, 6.07) is -1.85. The van der Waals surface area contributed by atoms with Crippen molar-refractivity contribution in [2.75, 3.05) is 13.1 Å². The zero-order chi connectivity index (χ0) is 15.4. The smallest absolute Gasteiger partial charge is 0.328 e. The number of rotatable bonds is 4. The number of amides is 3. The highest BCUT2D eigenvalue weighted by atomic mass is 16.4. The fraction of sp³-hybridized carbons (Fsp3) is 0.500. The van der Waals surface area contributed by atoms with Gasteiger partial charge in [0.1, 0.15) is 12.6 Å². The van der Waals surface area contributed by atoms with E-state index >= 15 is 0 Å². The summed E-state index contributed by atoms with van der Waals surface area (Å²) in [6.07, 6.45) is 5.01. The summed E-state index contributed by atoms with van der Waals surface area (Å²) in [5, 5.41) is 14.2. The number of carbonyl (C=O) groups is 3. The van der Waals surface area contributed by atoms with Crippen molar-refractivity contribution in [1.29, 1.82) is 0 Å². The minimum absolute atomic E-state index is 0.0858. The largest absolute Gasteiger partial charge is 0.480 e. The second-order valence-electron chi connectivity index (χ2n) is 4.90. The van der Waals surface area contributed by atoms with E-state index in [0.29, 0.717) is 6.54 Å². The van der Waals surface area contributed by atoms with Crippen molar-refractivity contribution >= 4 is 17.9 Å². The summed E-state index contributed by atoms with van der Waals surface area (Å²) >= 11 is 0. The van der Waals surface area contributed by atoms with Crippen LogP contribution < -0.4 is 10.6 Å². The minimum atomic E-state index is -1.15. The number of aromatic nitrogens is 2. The summed E-state index contributed by atoms with van der Waals surface area (Å²) in [7, 11) is 0. The first-order chi connectivity index (χ1) is 9.97. The van der Waals surface area contributed by atoms with Crippen LogP contribution in [0.2, 0.25) is 0 Å². The Morgan fingerprint density at radius 2 is 2.38 bits per heavy atom. The molecule has 3 amide bonds. The van der Waals surface area contributed by atoms with Crippen LogP contribution in [0.25, 0.3) is 0 Å². The van der Waals surface area contributed by atoms with E-state index in [0.717, 1.165) is 4.90 Å². The maximum absolute atomic E-state index is 12.1. The van der Waals surface area contributed by atoms with E-state index in [9.17, 15) is 14.4 Å². The number of imidazole rings is 1. The van der Waals surface area contributed by atoms with Crippen LogP contribution in [-0.2, 0) is 16.1 Å². The number of carboxylic acids is 1. The second kappa shape index (κ2) is 6.25. The lowest BCUT2D eigenvalue weighted by molar-refractivity contribution is -0.144. The molecule has 0 saturated carbocycles. The van der Waals surface area contributed by atoms with Crippen LogP contribution in [0.5, 0.6) is 0 Å². The molecule has 0 aliphatic carbocycles. The van der Waals surface area contributed by atoms with Crippen LogP contribution in [0.1, 0.15) is 6.92 Å². The Kier molecular flexibility index (Phi) is 4.41. The summed E-state index contributed by atoms with van der Waals surface area (Å²) in [6.45, 7) is 1.94. The van der Waals surface area contributed by atoms with Crippen LogP contribution in [0, 0.1) is 0 Å². The van der Waals surface area contributed by atoms with Gasteiger partial charge >= 0.3 is 12.0 Å². The van der Waals surface area contributed by atoms with E-state index in [-0.39, 0.29) is 25.0 Å². The average Bonchev–Trinajstić information content (AvgIpc) is 2.90. The molecule has 0 bridgehead atoms. The molecule has 2 heterocycles. The van der Waals surface area contributed by atoms with Gasteiger partial charge in [-0.2, -0.15) is 0 Å². The zero-order valence-electron chi connectivity index (χ0n) is 11.5. The van der Waals surface area contributed by atoms with Gasteiger partial charge in [-0.15, -0.1) is 0 Å². The van der Waals surface area contributed by atoms with Crippen LogP contribution in [0.15, 0.2) is 18.7 Å². The van der Waals surface area contributed by atoms with E-state index in [2.05, 4.69) is 15.6 Å². The lowest BCUT2D eigenvalue weighted by Crippen LogP contribution is -2.62. The van der Waals surface area contributed by atoms with E-state index in [1.54, 1.807) is 30.2 Å². The third kappa shape index (κ3) is 3.71. The van der Waals surface area contributed by atoms with Crippen molar-refractivity contribution in [2.45, 2.75) is 25.6 Å². The monoisotopic (exact) mass is 295 g/mol. The van der Waals surface area contributed by atoms with Crippen molar-refractivity contribution < 1.29 is 19.5 Å². The summed E-state index contributed by atoms with van der Waals surface area (Å²) in [5.74, 6) is -1.52. The van der Waals surface area contributed by atoms with Crippen LogP contribution in [0.3, 0.4) is 0 Å². The molecule has 2 atom stereocenters. The topological polar surface area (TPSA) is 117 Å². The molecular formula is C12H17N5O4. The number of carbonyl (C=O) groups excluding carboxylic acids is 2. The van der Waals surface area contributed by atoms with E-state index in [1.165, 1.54) is 0 Å². The van der Waals surface area contributed by atoms with Gasteiger partial charge in [-0.05, 0) is 6.92 Å². The normalized spacial score (nSPS) is 19.8. The Hall–Kier alpha value is -2.58. The lowest BCUT2D eigenvalue weighted by Gasteiger charge is -2.33. The van der Waals surface area contributed by atoms with Gasteiger partial charge in [-0.1, -0.05) is 0 Å². The van der Waals surface area contributed by atoms with Gasteiger partial charge in [-0.3, -0.25) is 9.69 Å². The van der Waals surface area contributed by atoms with Gasteiger partial charge < -0.3 is 20.3 Å². The standard InChI is InChI=1S/C12H17N5O4/c1-8(5-16-3-2-13-7-16)15-12(21)17-6-10(18)14-4-9(17)11(19)20/h2-3,7-9H,4-6H2,1H3,(H,14,18)(H,15,21)(H,19,20). The quantitative estimate of drug-likeness (QED) is 0.649. The molecule has 1 saturated heterocycles. The third-order valence-corrected chi connectivity index (χ3v) is 3.14. The van der Waals surface area contributed by atoms with Gasteiger partial charge in [0.2, 0.25) is 5.91 Å². The number of hydrogen-bond acceptors (Lipinski definition) is 4. The van der Waals surface area contributed by atoms with Gasteiger partial charge in [0.15, 0.2) is 0 Å². The molecule has 1 aliphatic rings. The number of urea groups is 1. The van der Waals surface area contributed by atoms with Crippen LogP contribution in [-0.4, -0.2) is 62.6 Å². The summed E-state index contributed by atoms with van der Waals surface area (Å²) < 4.78 is 1.79. The molecule has 0 spiro atoms. The third-order valence-electron chi connectivity index (χ3n) is 3.14. The molecule has 1 fully saturated rings. The summed E-state index contributed by atoms with van der Waals surface area (Å²) in [4.78, 5) is 39.6. The molecule has 1 aromatic heterocycles. The highest BCUT2D eigenvalue weighted by molar-refractivity contribution is 5.90. The molecule has 9 nitrogen and oxygen atoms in total. The Morgan fingerprint density at radius 3 is 3.00 bits per heavy atom. The van der Waals surface area contributed by atoms with Gasteiger partial charge in [0.05, 0.1) is 6.33 Å². The molecule has 1 aliphatic heterocycles. The highest BCUT2D eigenvalue weighted by Gasteiger charge is 2.35. The molecular weight excluding hydrogens is 278 g/mol. The predicted octanol–water partition coefficient (Wildman–Crippen LogP) is -1.13. The maximum atomic E-state index is 12.1. The first-order valence-corrected chi connectivity index (χ1v) is 6.49. The molecule has 2 unspecified atom stereocenters. The summed E-state index contributed by atoms with van der Waals surface area (Å²) in [5.41, 5.74) is 0. The fourth-order valence-electron chi connectivity index (χ4n) is 2.13. The number of nitrogens with one attached hydrogen (secondary N) is 2. The molecule has 3 N–H and O–H groups in total. The van der Waals surface area contributed by atoms with Crippen molar-refractivity contribution in [3.05, 3.63) is 18.7 Å². The second-order valence-corrected chi connectivity index (χ2v) is 4.90. The predicted molar refractivity (Wildman–Crippen MR) is 71.4 cm³/mol. The number of carboxylic acid groups (broad SMARTS) is 1. The first-order valence-electron chi connectivity index (χ1n) is 6.49. The number of nitrogens with zero attached hydrogens (tertiary/aromatic N) is 3. The molecule has 0 radical (unpaired) electrons. The fourth-order valence-corrected chi connectivity index (χ4v) is 2.13. The Bertz CT molecular complexity index is 530.